The third kappa shape index (κ3) is 2.66. The van der Waals surface area contributed by atoms with E-state index in [1.54, 1.807) is 6.07 Å². The molecule has 0 amide bonds. The van der Waals surface area contributed by atoms with Crippen LogP contribution in [0.5, 0.6) is 11.5 Å². The normalized spacial score (nSPS) is 10.0. The van der Waals surface area contributed by atoms with Crippen LogP contribution in [-0.2, 0) is 0 Å². The van der Waals surface area contributed by atoms with Crippen molar-refractivity contribution in [3.63, 3.8) is 0 Å². The molecule has 0 aliphatic rings. The zero-order valence-corrected chi connectivity index (χ0v) is 8.69. The van der Waals surface area contributed by atoms with Crippen LogP contribution in [0.15, 0.2) is 42.5 Å². The van der Waals surface area contributed by atoms with E-state index in [2.05, 4.69) is 0 Å². The third-order valence-electron chi connectivity index (χ3n) is 2.09. The van der Waals surface area contributed by atoms with E-state index in [9.17, 15) is 13.6 Å². The molecule has 2 aromatic carbocycles. The number of carbonyl (C=O) groups is 1. The van der Waals surface area contributed by atoms with Crippen molar-refractivity contribution in [2.45, 2.75) is 0 Å². The predicted octanol–water partition coefficient (Wildman–Crippen LogP) is 3.57. The predicted molar refractivity (Wildman–Crippen MR) is 58.3 cm³/mol. The van der Waals surface area contributed by atoms with E-state index in [1.807, 2.05) is 0 Å². The molecule has 0 unspecified atom stereocenters. The molecule has 0 atom stereocenters. The summed E-state index contributed by atoms with van der Waals surface area (Å²) in [6, 6.07) is 9.25. The van der Waals surface area contributed by atoms with E-state index in [0.29, 0.717) is 6.29 Å². The van der Waals surface area contributed by atoms with Crippen LogP contribution in [0.2, 0.25) is 0 Å². The van der Waals surface area contributed by atoms with Gasteiger partial charge in [-0.3, -0.25) is 4.79 Å². The minimum atomic E-state index is -0.610. The first-order valence-corrected chi connectivity index (χ1v) is 4.87. The fourth-order valence-corrected chi connectivity index (χ4v) is 1.37. The second-order valence-electron chi connectivity index (χ2n) is 3.37. The molecule has 0 spiro atoms. The minimum absolute atomic E-state index is 0.0186. The standard InChI is InChI=1S/C13H8F2O2/c14-10-5-9(8-16)6-11(7-10)17-13-4-2-1-3-12(13)15/h1-8H. The Bertz CT molecular complexity index is 553. The topological polar surface area (TPSA) is 26.3 Å². The largest absolute Gasteiger partial charge is 0.454 e. The van der Waals surface area contributed by atoms with Crippen LogP contribution in [0, 0.1) is 11.6 Å². The van der Waals surface area contributed by atoms with E-state index >= 15 is 0 Å². The quantitative estimate of drug-likeness (QED) is 0.759. The van der Waals surface area contributed by atoms with Gasteiger partial charge in [0.1, 0.15) is 17.9 Å². The number of halogens is 2. The highest BCUT2D eigenvalue weighted by Crippen LogP contribution is 2.25. The first-order valence-electron chi connectivity index (χ1n) is 4.87. The Hall–Kier alpha value is -2.23. The van der Waals surface area contributed by atoms with Crippen LogP contribution in [-0.4, -0.2) is 6.29 Å². The van der Waals surface area contributed by atoms with Crippen molar-refractivity contribution >= 4 is 6.29 Å². The van der Waals surface area contributed by atoms with Gasteiger partial charge in [0, 0.05) is 11.6 Å². The van der Waals surface area contributed by atoms with Crippen molar-refractivity contribution in [1.82, 2.24) is 0 Å². The van der Waals surface area contributed by atoms with Crippen molar-refractivity contribution in [1.29, 1.82) is 0 Å². The Labute approximate surface area is 96.5 Å². The van der Waals surface area contributed by atoms with Crippen LogP contribution in [0.4, 0.5) is 8.78 Å². The van der Waals surface area contributed by atoms with Gasteiger partial charge in [-0.2, -0.15) is 0 Å². The summed E-state index contributed by atoms with van der Waals surface area (Å²) in [5, 5.41) is 0. The molecular weight excluding hydrogens is 226 g/mol. The second kappa shape index (κ2) is 4.74. The zero-order chi connectivity index (χ0) is 12.3. The van der Waals surface area contributed by atoms with Gasteiger partial charge in [0.05, 0.1) is 0 Å². The lowest BCUT2D eigenvalue weighted by molar-refractivity contribution is 0.112. The van der Waals surface area contributed by atoms with E-state index in [-0.39, 0.29) is 17.1 Å². The van der Waals surface area contributed by atoms with Gasteiger partial charge in [0.15, 0.2) is 11.6 Å². The summed E-state index contributed by atoms with van der Waals surface area (Å²) in [6.45, 7) is 0. The SMILES string of the molecule is O=Cc1cc(F)cc(Oc2ccccc2F)c1. The van der Waals surface area contributed by atoms with Crippen LogP contribution >= 0.6 is 0 Å². The summed E-state index contributed by atoms with van der Waals surface area (Å²) in [5.74, 6) is -1.10. The number of hydrogen-bond acceptors (Lipinski definition) is 2. The fourth-order valence-electron chi connectivity index (χ4n) is 1.37. The zero-order valence-electron chi connectivity index (χ0n) is 8.69. The molecule has 4 heteroatoms. The molecule has 0 radical (unpaired) electrons. The summed E-state index contributed by atoms with van der Waals surface area (Å²) >= 11 is 0. The highest BCUT2D eigenvalue weighted by molar-refractivity contribution is 5.75. The Morgan fingerprint density at radius 3 is 2.53 bits per heavy atom. The Balaban J connectivity index is 2.33. The number of ether oxygens (including phenoxy) is 1. The number of rotatable bonds is 3. The Morgan fingerprint density at radius 2 is 1.82 bits per heavy atom. The van der Waals surface area contributed by atoms with E-state index in [1.165, 1.54) is 24.3 Å². The summed E-state index contributed by atoms with van der Waals surface area (Å²) in [5.41, 5.74) is 0.135. The second-order valence-corrected chi connectivity index (χ2v) is 3.37. The molecule has 0 N–H and O–H groups in total. The van der Waals surface area contributed by atoms with Crippen molar-refractivity contribution in [2.75, 3.05) is 0 Å². The van der Waals surface area contributed by atoms with Gasteiger partial charge < -0.3 is 4.74 Å². The number of para-hydroxylation sites is 1. The molecule has 0 bridgehead atoms. The molecule has 17 heavy (non-hydrogen) atoms. The van der Waals surface area contributed by atoms with Crippen LogP contribution < -0.4 is 4.74 Å². The maximum absolute atomic E-state index is 13.3. The maximum Gasteiger partial charge on any atom is 0.165 e. The number of benzene rings is 2. The van der Waals surface area contributed by atoms with Gasteiger partial charge >= 0.3 is 0 Å². The summed E-state index contributed by atoms with van der Waals surface area (Å²) < 4.78 is 31.5. The van der Waals surface area contributed by atoms with Gasteiger partial charge in [-0.25, -0.2) is 8.78 Å². The molecule has 0 aromatic heterocycles. The third-order valence-corrected chi connectivity index (χ3v) is 2.09. The van der Waals surface area contributed by atoms with Gasteiger partial charge in [0.2, 0.25) is 0 Å². The minimum Gasteiger partial charge on any atom is -0.454 e. The molecule has 0 heterocycles. The average molecular weight is 234 g/mol. The summed E-state index contributed by atoms with van der Waals surface area (Å²) in [7, 11) is 0. The smallest absolute Gasteiger partial charge is 0.165 e. The molecule has 2 aromatic rings. The average Bonchev–Trinajstić information content (AvgIpc) is 2.31. The molecule has 0 aliphatic heterocycles. The van der Waals surface area contributed by atoms with Gasteiger partial charge in [-0.15, -0.1) is 0 Å². The van der Waals surface area contributed by atoms with Crippen molar-refractivity contribution in [2.24, 2.45) is 0 Å². The Morgan fingerprint density at radius 1 is 1.06 bits per heavy atom. The Kier molecular flexibility index (Phi) is 3.14. The molecule has 0 aliphatic carbocycles. The molecule has 2 nitrogen and oxygen atoms in total. The molecule has 2 rings (SSSR count). The fraction of sp³-hybridized carbons (Fsp3) is 0. The molecule has 86 valence electrons. The van der Waals surface area contributed by atoms with Crippen LogP contribution in [0.1, 0.15) is 10.4 Å². The lowest BCUT2D eigenvalue weighted by Crippen LogP contribution is -1.91. The van der Waals surface area contributed by atoms with Crippen LogP contribution in [0.3, 0.4) is 0 Å². The van der Waals surface area contributed by atoms with Gasteiger partial charge in [-0.05, 0) is 24.3 Å². The van der Waals surface area contributed by atoms with Crippen molar-refractivity contribution in [3.8, 4) is 11.5 Å². The summed E-state index contributed by atoms with van der Waals surface area (Å²) in [4.78, 5) is 10.5. The molecule has 0 saturated heterocycles. The molecule has 0 fully saturated rings. The highest BCUT2D eigenvalue weighted by atomic mass is 19.1. The number of carbonyl (C=O) groups excluding carboxylic acids is 1. The number of hydrogen-bond donors (Lipinski definition) is 0. The summed E-state index contributed by atoms with van der Waals surface area (Å²) in [6.07, 6.45) is 0.497. The van der Waals surface area contributed by atoms with E-state index in [4.69, 9.17) is 4.74 Å². The van der Waals surface area contributed by atoms with E-state index in [0.717, 1.165) is 12.1 Å². The first-order chi connectivity index (χ1) is 8.19. The van der Waals surface area contributed by atoms with E-state index < -0.39 is 11.6 Å². The molecular formula is C13H8F2O2. The first kappa shape index (κ1) is 11.3. The lowest BCUT2D eigenvalue weighted by atomic mass is 10.2. The lowest BCUT2D eigenvalue weighted by Gasteiger charge is -2.07. The van der Waals surface area contributed by atoms with Gasteiger partial charge in [0.25, 0.3) is 0 Å². The monoisotopic (exact) mass is 234 g/mol. The maximum atomic E-state index is 13.3. The highest BCUT2D eigenvalue weighted by Gasteiger charge is 2.06. The van der Waals surface area contributed by atoms with Crippen molar-refractivity contribution < 1.29 is 18.3 Å². The van der Waals surface area contributed by atoms with Crippen LogP contribution in [0.25, 0.3) is 0 Å². The van der Waals surface area contributed by atoms with Gasteiger partial charge in [-0.1, -0.05) is 12.1 Å². The number of aldehydes is 1. The van der Waals surface area contributed by atoms with Crippen molar-refractivity contribution in [3.05, 3.63) is 59.7 Å². The molecule has 0 saturated carbocycles.